The van der Waals surface area contributed by atoms with Crippen LogP contribution in [0.15, 0.2) is 30.5 Å². The van der Waals surface area contributed by atoms with Gasteiger partial charge in [0.25, 0.3) is 0 Å². The zero-order valence-corrected chi connectivity index (χ0v) is 14.7. The molecular formula is C19H24N4O2. The van der Waals surface area contributed by atoms with Crippen LogP contribution in [0.25, 0.3) is 11.3 Å². The first kappa shape index (κ1) is 17.4. The summed E-state index contributed by atoms with van der Waals surface area (Å²) >= 11 is 0. The smallest absolute Gasteiger partial charge is 0.228 e. The van der Waals surface area contributed by atoms with Crippen LogP contribution in [0.5, 0.6) is 0 Å². The second kappa shape index (κ2) is 8.07. The van der Waals surface area contributed by atoms with Crippen molar-refractivity contribution >= 4 is 17.5 Å². The Bertz CT molecular complexity index is 746. The summed E-state index contributed by atoms with van der Waals surface area (Å²) in [6, 6.07) is 7.71. The molecule has 25 heavy (non-hydrogen) atoms. The molecule has 1 aromatic carbocycles. The summed E-state index contributed by atoms with van der Waals surface area (Å²) in [5.41, 5.74) is 3.36. The first-order chi connectivity index (χ1) is 12.1. The van der Waals surface area contributed by atoms with Crippen LogP contribution in [0.3, 0.4) is 0 Å². The molecule has 132 valence electrons. The average Bonchev–Trinajstić information content (AvgIpc) is 2.73. The fourth-order valence-corrected chi connectivity index (χ4v) is 2.71. The van der Waals surface area contributed by atoms with Crippen molar-refractivity contribution in [2.24, 2.45) is 5.92 Å². The molecule has 6 heteroatoms. The van der Waals surface area contributed by atoms with E-state index in [0.29, 0.717) is 11.9 Å². The fourth-order valence-electron chi connectivity index (χ4n) is 2.71. The number of hydrogen-bond donors (Lipinski definition) is 2. The summed E-state index contributed by atoms with van der Waals surface area (Å²) in [5.74, 6) is 1.09. The first-order valence-electron chi connectivity index (χ1n) is 8.70. The number of para-hydroxylation sites is 1. The van der Waals surface area contributed by atoms with E-state index < -0.39 is 0 Å². The Morgan fingerprint density at radius 1 is 1.32 bits per heavy atom. The molecule has 0 fully saturated rings. The third kappa shape index (κ3) is 4.54. The van der Waals surface area contributed by atoms with Gasteiger partial charge in [0, 0.05) is 37.1 Å². The number of nitrogens with zero attached hydrogens (tertiary/aromatic N) is 2. The summed E-state index contributed by atoms with van der Waals surface area (Å²) in [7, 11) is 0. The van der Waals surface area contributed by atoms with Crippen molar-refractivity contribution in [2.75, 3.05) is 30.4 Å². The molecule has 0 saturated heterocycles. The van der Waals surface area contributed by atoms with Crippen molar-refractivity contribution in [3.63, 3.8) is 0 Å². The van der Waals surface area contributed by atoms with Crippen molar-refractivity contribution < 1.29 is 9.53 Å². The molecule has 2 N–H and O–H groups in total. The molecule has 1 amide bonds. The fraction of sp³-hybridized carbons (Fsp3) is 0.421. The van der Waals surface area contributed by atoms with E-state index in [4.69, 9.17) is 4.74 Å². The predicted molar refractivity (Wildman–Crippen MR) is 98.6 cm³/mol. The van der Waals surface area contributed by atoms with Crippen LogP contribution in [0.2, 0.25) is 0 Å². The Morgan fingerprint density at radius 3 is 3.00 bits per heavy atom. The number of ether oxygens (including phenoxy) is 1. The quantitative estimate of drug-likeness (QED) is 0.758. The molecule has 0 atom stereocenters. The summed E-state index contributed by atoms with van der Waals surface area (Å²) in [6.45, 7) is 6.53. The zero-order chi connectivity index (χ0) is 17.6. The molecule has 0 radical (unpaired) electrons. The number of amides is 1. The molecule has 0 bridgehead atoms. The molecule has 6 nitrogen and oxygen atoms in total. The highest BCUT2D eigenvalue weighted by Crippen LogP contribution is 2.32. The van der Waals surface area contributed by atoms with Gasteiger partial charge in [0.1, 0.15) is 0 Å². The average molecular weight is 340 g/mol. The van der Waals surface area contributed by atoms with Crippen LogP contribution in [-0.4, -0.2) is 35.6 Å². The van der Waals surface area contributed by atoms with Gasteiger partial charge in [0.15, 0.2) is 0 Å². The van der Waals surface area contributed by atoms with Crippen molar-refractivity contribution in [2.45, 2.75) is 26.7 Å². The van der Waals surface area contributed by atoms with Crippen molar-refractivity contribution in [3.8, 4) is 11.3 Å². The topological polar surface area (TPSA) is 76.1 Å². The van der Waals surface area contributed by atoms with E-state index in [0.717, 1.165) is 48.7 Å². The minimum absolute atomic E-state index is 0.0437. The highest BCUT2D eigenvalue weighted by Gasteiger charge is 2.20. The molecule has 1 aliphatic rings. The van der Waals surface area contributed by atoms with Gasteiger partial charge in [0.05, 0.1) is 17.8 Å². The Kier molecular flexibility index (Phi) is 5.60. The van der Waals surface area contributed by atoms with Gasteiger partial charge in [-0.15, -0.1) is 0 Å². The van der Waals surface area contributed by atoms with Crippen molar-refractivity contribution in [1.29, 1.82) is 0 Å². The second-order valence-corrected chi connectivity index (χ2v) is 6.59. The molecule has 1 aliphatic heterocycles. The van der Waals surface area contributed by atoms with Gasteiger partial charge in [-0.05, 0) is 18.4 Å². The van der Waals surface area contributed by atoms with E-state index in [1.807, 2.05) is 24.3 Å². The molecule has 2 aromatic rings. The number of fused-ring (bicyclic) bond motifs is 3. The van der Waals surface area contributed by atoms with E-state index >= 15 is 0 Å². The highest BCUT2D eigenvalue weighted by atomic mass is 16.5. The molecule has 1 aromatic heterocycles. The maximum absolute atomic E-state index is 12.0. The third-order valence-corrected chi connectivity index (χ3v) is 3.87. The van der Waals surface area contributed by atoms with Gasteiger partial charge in [-0.3, -0.25) is 4.79 Å². The van der Waals surface area contributed by atoms with E-state index in [1.165, 1.54) is 0 Å². The van der Waals surface area contributed by atoms with Crippen LogP contribution in [0, 0.1) is 5.92 Å². The van der Waals surface area contributed by atoms with Crippen molar-refractivity contribution in [3.05, 3.63) is 36.0 Å². The standard InChI is InChI=1S/C19H24N4O2/c1-13(2)12-25-9-5-8-20-19-21-11-14-10-17(24)22-16-7-4-3-6-15(16)18(14)23-19/h3-4,6-7,11,13H,5,8-10,12H2,1-2H3,(H,22,24)(H,20,21,23). The maximum Gasteiger partial charge on any atom is 0.228 e. The van der Waals surface area contributed by atoms with E-state index in [1.54, 1.807) is 6.20 Å². The largest absolute Gasteiger partial charge is 0.381 e. The normalized spacial score (nSPS) is 13.0. The summed E-state index contributed by atoms with van der Waals surface area (Å²) in [6.07, 6.45) is 2.92. The lowest BCUT2D eigenvalue weighted by molar-refractivity contribution is -0.115. The van der Waals surface area contributed by atoms with Gasteiger partial charge >= 0.3 is 0 Å². The Balaban J connectivity index is 1.68. The Hall–Kier alpha value is -2.47. The van der Waals surface area contributed by atoms with Crippen LogP contribution in [0.1, 0.15) is 25.8 Å². The van der Waals surface area contributed by atoms with Crippen LogP contribution >= 0.6 is 0 Å². The molecule has 0 spiro atoms. The van der Waals surface area contributed by atoms with Gasteiger partial charge < -0.3 is 15.4 Å². The lowest BCUT2D eigenvalue weighted by Crippen LogP contribution is -2.13. The second-order valence-electron chi connectivity index (χ2n) is 6.59. The van der Waals surface area contributed by atoms with E-state index in [9.17, 15) is 4.79 Å². The first-order valence-corrected chi connectivity index (χ1v) is 8.70. The summed E-state index contributed by atoms with van der Waals surface area (Å²) in [4.78, 5) is 21.0. The molecular weight excluding hydrogens is 316 g/mol. The number of nitrogens with one attached hydrogen (secondary N) is 2. The number of carbonyl (C=O) groups excluding carboxylic acids is 1. The third-order valence-electron chi connectivity index (χ3n) is 3.87. The van der Waals surface area contributed by atoms with Crippen molar-refractivity contribution in [1.82, 2.24) is 9.97 Å². The number of benzene rings is 1. The lowest BCUT2D eigenvalue weighted by Gasteiger charge is -2.11. The van der Waals surface area contributed by atoms with Crippen LogP contribution in [0.4, 0.5) is 11.6 Å². The minimum atomic E-state index is -0.0437. The van der Waals surface area contributed by atoms with E-state index in [2.05, 4.69) is 34.4 Å². The molecule has 3 rings (SSSR count). The zero-order valence-electron chi connectivity index (χ0n) is 14.7. The van der Waals surface area contributed by atoms with E-state index in [-0.39, 0.29) is 12.3 Å². The Labute approximate surface area is 148 Å². The number of aromatic nitrogens is 2. The lowest BCUT2D eigenvalue weighted by atomic mass is 10.1. The van der Waals surface area contributed by atoms with Crippen LogP contribution < -0.4 is 10.6 Å². The number of carbonyl (C=O) groups is 1. The molecule has 0 unspecified atom stereocenters. The number of anilines is 2. The van der Waals surface area contributed by atoms with Gasteiger partial charge in [-0.2, -0.15) is 0 Å². The number of hydrogen-bond acceptors (Lipinski definition) is 5. The molecule has 2 heterocycles. The SMILES string of the molecule is CC(C)COCCCNc1ncc2c(n1)-c1ccccc1NC(=O)C2. The van der Waals surface area contributed by atoms with Gasteiger partial charge in [-0.25, -0.2) is 9.97 Å². The predicted octanol–water partition coefficient (Wildman–Crippen LogP) is 3.11. The summed E-state index contributed by atoms with van der Waals surface area (Å²) in [5, 5.41) is 6.16. The van der Waals surface area contributed by atoms with Crippen LogP contribution in [-0.2, 0) is 16.0 Å². The maximum atomic E-state index is 12.0. The molecule has 0 aliphatic carbocycles. The monoisotopic (exact) mass is 340 g/mol. The van der Waals surface area contributed by atoms with Gasteiger partial charge in [-0.1, -0.05) is 32.0 Å². The highest BCUT2D eigenvalue weighted by molar-refractivity contribution is 5.99. The van der Waals surface area contributed by atoms with Gasteiger partial charge in [0.2, 0.25) is 11.9 Å². The summed E-state index contributed by atoms with van der Waals surface area (Å²) < 4.78 is 5.57. The minimum Gasteiger partial charge on any atom is -0.381 e. The number of rotatable bonds is 7. The Morgan fingerprint density at radius 2 is 2.16 bits per heavy atom. The molecule has 0 saturated carbocycles.